The Morgan fingerprint density at radius 3 is 1.69 bits per heavy atom. The summed E-state index contributed by atoms with van der Waals surface area (Å²) in [4.78, 5) is 12.5. The third-order valence-corrected chi connectivity index (χ3v) is 7.42. The molecule has 1 rings (SSSR count). The predicted molar refractivity (Wildman–Crippen MR) is 123 cm³/mol. The summed E-state index contributed by atoms with van der Waals surface area (Å²) in [5, 5.41) is 0. The predicted octanol–water partition coefficient (Wildman–Crippen LogP) is 6.23. The summed E-state index contributed by atoms with van der Waals surface area (Å²) >= 11 is 0. The summed E-state index contributed by atoms with van der Waals surface area (Å²) in [5.41, 5.74) is 1.45. The Hall–Kier alpha value is -1.00. The molecule has 0 atom stereocenters. The van der Waals surface area contributed by atoms with E-state index in [4.69, 9.17) is 9.26 Å². The summed E-state index contributed by atoms with van der Waals surface area (Å²) in [6.45, 7) is 21.8. The number of esters is 1. The molecule has 0 aliphatic heterocycles. The molecule has 6 heteroatoms. The molecule has 29 heavy (non-hydrogen) atoms. The van der Waals surface area contributed by atoms with Crippen molar-refractivity contribution in [1.82, 2.24) is 9.34 Å². The number of nitrogens with zero attached hydrogens (tertiary/aromatic N) is 2. The lowest BCUT2D eigenvalue weighted by Crippen LogP contribution is -2.43. The molecule has 0 amide bonds. The summed E-state index contributed by atoms with van der Waals surface area (Å²) in [5.74, 6) is -0.294. The van der Waals surface area contributed by atoms with Gasteiger partial charge in [-0.25, -0.2) is 14.1 Å². The first-order valence-corrected chi connectivity index (χ1v) is 11.9. The summed E-state index contributed by atoms with van der Waals surface area (Å²) in [6, 6.07) is 8.98. The highest BCUT2D eigenvalue weighted by atomic mass is 31.2. The number of hydrogen-bond donors (Lipinski definition) is 0. The van der Waals surface area contributed by atoms with Gasteiger partial charge in [-0.1, -0.05) is 18.2 Å². The maximum Gasteiger partial charge on any atom is 0.338 e. The lowest BCUT2D eigenvalue weighted by Gasteiger charge is -2.45. The van der Waals surface area contributed by atoms with Crippen LogP contribution in [0, 0.1) is 0 Å². The molecule has 0 aliphatic carbocycles. The van der Waals surface area contributed by atoms with Crippen LogP contribution in [0.1, 0.15) is 85.2 Å². The van der Waals surface area contributed by atoms with E-state index in [2.05, 4.69) is 64.7 Å². The van der Waals surface area contributed by atoms with Gasteiger partial charge in [-0.05, 0) is 80.9 Å². The van der Waals surface area contributed by atoms with Crippen LogP contribution in [-0.4, -0.2) is 45.6 Å². The van der Waals surface area contributed by atoms with E-state index in [0.717, 1.165) is 5.56 Å². The molecule has 0 N–H and O–H groups in total. The molecule has 0 aliphatic rings. The van der Waals surface area contributed by atoms with E-state index in [9.17, 15) is 4.79 Å². The first-order valence-electron chi connectivity index (χ1n) is 10.8. The maximum atomic E-state index is 12.5. The molecule has 0 heterocycles. The summed E-state index contributed by atoms with van der Waals surface area (Å²) in [6.07, 6.45) is -0.150. The van der Waals surface area contributed by atoms with Crippen LogP contribution in [0.3, 0.4) is 0 Å². The smallest absolute Gasteiger partial charge is 0.338 e. The van der Waals surface area contributed by atoms with Crippen molar-refractivity contribution in [3.63, 3.8) is 0 Å². The third-order valence-electron chi connectivity index (χ3n) is 4.43. The highest BCUT2D eigenvalue weighted by Crippen LogP contribution is 2.51. The van der Waals surface area contributed by atoms with Crippen molar-refractivity contribution >= 4 is 14.4 Å². The molecule has 166 valence electrons. The van der Waals surface area contributed by atoms with Gasteiger partial charge in [0.1, 0.15) is 0 Å². The fourth-order valence-corrected chi connectivity index (χ4v) is 5.83. The fourth-order valence-electron chi connectivity index (χ4n) is 3.49. The third kappa shape index (κ3) is 7.64. The zero-order valence-electron chi connectivity index (χ0n) is 20.0. The second-order valence-electron chi connectivity index (χ2n) is 8.77. The van der Waals surface area contributed by atoms with Crippen molar-refractivity contribution in [3.8, 4) is 0 Å². The zero-order chi connectivity index (χ0) is 22.3. The van der Waals surface area contributed by atoms with Gasteiger partial charge in [-0.2, -0.15) is 0 Å². The molecule has 1 aromatic carbocycles. The van der Waals surface area contributed by atoms with Crippen molar-refractivity contribution in [1.29, 1.82) is 0 Å². The standard InChI is InChI=1S/C23H41N2O3P/c1-16(2)24(17(3)4)29(25(18(5)6)19(7)8)27-15-21-13-11-12-14-22(21)23(26)28-20(9)10/h11-14,16-20H,15H2,1-10H3. The Labute approximate surface area is 179 Å². The molecule has 0 saturated carbocycles. The second-order valence-corrected chi connectivity index (χ2v) is 10.5. The van der Waals surface area contributed by atoms with E-state index in [1.54, 1.807) is 0 Å². The molecule has 1 aromatic rings. The van der Waals surface area contributed by atoms with Gasteiger partial charge in [0, 0.05) is 24.2 Å². The number of ether oxygens (including phenoxy) is 1. The second kappa shape index (κ2) is 12.0. The SMILES string of the molecule is CC(C)OC(=O)c1ccccc1COP(N(C(C)C)C(C)C)N(C(C)C)C(C)C. The number of hydrogen-bond acceptors (Lipinski definition) is 5. The number of benzene rings is 1. The van der Waals surface area contributed by atoms with Crippen molar-refractivity contribution in [2.75, 3.05) is 0 Å². The lowest BCUT2D eigenvalue weighted by molar-refractivity contribution is 0.0374. The van der Waals surface area contributed by atoms with Crippen molar-refractivity contribution in [3.05, 3.63) is 35.4 Å². The Morgan fingerprint density at radius 2 is 1.28 bits per heavy atom. The topological polar surface area (TPSA) is 42.0 Å². The van der Waals surface area contributed by atoms with Gasteiger partial charge in [0.15, 0.2) is 8.45 Å². The number of carbonyl (C=O) groups is 1. The molecular weight excluding hydrogens is 383 g/mol. The van der Waals surface area contributed by atoms with Crippen LogP contribution < -0.4 is 0 Å². The fraction of sp³-hybridized carbons (Fsp3) is 0.696. The first-order chi connectivity index (χ1) is 13.5. The average molecular weight is 425 g/mol. The van der Waals surface area contributed by atoms with E-state index < -0.39 is 8.45 Å². The minimum Gasteiger partial charge on any atom is -0.459 e. The van der Waals surface area contributed by atoms with Gasteiger partial charge in [-0.15, -0.1) is 0 Å². The van der Waals surface area contributed by atoms with Gasteiger partial charge < -0.3 is 9.26 Å². The van der Waals surface area contributed by atoms with Crippen molar-refractivity contribution in [2.45, 2.75) is 106 Å². The molecule has 0 aromatic heterocycles. The molecule has 0 fully saturated rings. The maximum absolute atomic E-state index is 12.5. The molecule has 0 bridgehead atoms. The van der Waals surface area contributed by atoms with E-state index in [-0.39, 0.29) is 12.1 Å². The van der Waals surface area contributed by atoms with Crippen LogP contribution in [-0.2, 0) is 15.9 Å². The minimum absolute atomic E-state index is 0.150. The number of rotatable bonds is 11. The molecule has 0 saturated heterocycles. The van der Waals surface area contributed by atoms with Crippen LogP contribution in [0.2, 0.25) is 0 Å². The van der Waals surface area contributed by atoms with E-state index >= 15 is 0 Å². The van der Waals surface area contributed by atoms with E-state index in [1.165, 1.54) is 0 Å². The molecule has 0 unspecified atom stereocenters. The van der Waals surface area contributed by atoms with Crippen LogP contribution in [0.4, 0.5) is 0 Å². The quantitative estimate of drug-likeness (QED) is 0.311. The molecule has 0 radical (unpaired) electrons. The Balaban J connectivity index is 3.21. The van der Waals surface area contributed by atoms with Crippen LogP contribution in [0.25, 0.3) is 0 Å². The van der Waals surface area contributed by atoms with E-state index in [1.807, 2.05) is 38.1 Å². The van der Waals surface area contributed by atoms with Gasteiger partial charge >= 0.3 is 5.97 Å². The molecule has 5 nitrogen and oxygen atoms in total. The molecular formula is C23H41N2O3P. The Kier molecular flexibility index (Phi) is 10.8. The van der Waals surface area contributed by atoms with Crippen LogP contribution >= 0.6 is 8.45 Å². The first kappa shape index (κ1) is 26.0. The van der Waals surface area contributed by atoms with Crippen LogP contribution in [0.5, 0.6) is 0 Å². The van der Waals surface area contributed by atoms with Gasteiger partial charge in [0.2, 0.25) is 0 Å². The lowest BCUT2D eigenvalue weighted by atomic mass is 10.1. The summed E-state index contributed by atoms with van der Waals surface area (Å²) in [7, 11) is -1.00. The van der Waals surface area contributed by atoms with Crippen molar-refractivity contribution in [2.24, 2.45) is 0 Å². The Bertz CT molecular complexity index is 596. The van der Waals surface area contributed by atoms with Crippen molar-refractivity contribution < 1.29 is 14.1 Å². The van der Waals surface area contributed by atoms with Gasteiger partial charge in [0.05, 0.1) is 18.3 Å². The monoisotopic (exact) mass is 424 g/mol. The highest BCUT2D eigenvalue weighted by molar-refractivity contribution is 7.47. The van der Waals surface area contributed by atoms with E-state index in [0.29, 0.717) is 36.3 Å². The molecule has 0 spiro atoms. The Morgan fingerprint density at radius 1 is 0.828 bits per heavy atom. The van der Waals surface area contributed by atoms with Crippen LogP contribution in [0.15, 0.2) is 24.3 Å². The largest absolute Gasteiger partial charge is 0.459 e. The highest BCUT2D eigenvalue weighted by Gasteiger charge is 2.34. The zero-order valence-corrected chi connectivity index (χ0v) is 20.9. The number of carbonyl (C=O) groups excluding carboxylic acids is 1. The normalized spacial score (nSPS) is 12.6. The average Bonchev–Trinajstić information content (AvgIpc) is 2.57. The minimum atomic E-state index is -1.00. The van der Waals surface area contributed by atoms with Gasteiger partial charge in [0.25, 0.3) is 0 Å². The summed E-state index contributed by atoms with van der Waals surface area (Å²) < 4.78 is 16.9. The van der Waals surface area contributed by atoms with Gasteiger partial charge in [-0.3, -0.25) is 0 Å².